The predicted octanol–water partition coefficient (Wildman–Crippen LogP) is 4.68. The van der Waals surface area contributed by atoms with E-state index in [2.05, 4.69) is 23.3 Å². The fourth-order valence-electron chi connectivity index (χ4n) is 3.27. The molecule has 0 saturated carbocycles. The third-order valence-electron chi connectivity index (χ3n) is 4.78. The smallest absolute Gasteiger partial charge is 0.254 e. The van der Waals surface area contributed by atoms with Gasteiger partial charge in [0.15, 0.2) is 0 Å². The average molecular weight is 374 g/mol. The lowest BCUT2D eigenvalue weighted by Gasteiger charge is -2.23. The highest BCUT2D eigenvalue weighted by Gasteiger charge is 2.18. The van der Waals surface area contributed by atoms with Crippen LogP contribution >= 0.6 is 0 Å². The van der Waals surface area contributed by atoms with Crippen LogP contribution in [0.4, 0.5) is 0 Å². The molecule has 0 radical (unpaired) electrons. The Hall–Kier alpha value is -3.27. The number of rotatable bonds is 8. The van der Waals surface area contributed by atoms with Crippen molar-refractivity contribution in [2.24, 2.45) is 0 Å². The maximum absolute atomic E-state index is 13.1. The molecule has 0 aliphatic heterocycles. The van der Waals surface area contributed by atoms with Crippen molar-refractivity contribution >= 4 is 5.91 Å². The van der Waals surface area contributed by atoms with Gasteiger partial charge in [0, 0.05) is 30.5 Å². The number of carbonyl (C=O) groups excluding carboxylic acids is 1. The van der Waals surface area contributed by atoms with E-state index in [-0.39, 0.29) is 5.91 Å². The summed E-state index contributed by atoms with van der Waals surface area (Å²) in [4.78, 5) is 14.9. The van der Waals surface area contributed by atoms with E-state index < -0.39 is 0 Å². The second-order valence-corrected chi connectivity index (χ2v) is 6.77. The minimum atomic E-state index is 0.0205. The van der Waals surface area contributed by atoms with Crippen LogP contribution in [0.3, 0.4) is 0 Å². The van der Waals surface area contributed by atoms with Crippen molar-refractivity contribution in [3.05, 3.63) is 102 Å². The molecule has 0 fully saturated rings. The number of methoxy groups -OCH3 is 1. The van der Waals surface area contributed by atoms with Crippen molar-refractivity contribution in [2.75, 3.05) is 13.7 Å². The molecular weight excluding hydrogens is 348 g/mol. The molecule has 0 aliphatic carbocycles. The Morgan fingerprint density at radius 3 is 2.71 bits per heavy atom. The first-order valence-corrected chi connectivity index (χ1v) is 9.35. The molecule has 2 aromatic carbocycles. The normalized spacial score (nSPS) is 10.5. The molecule has 1 amide bonds. The van der Waals surface area contributed by atoms with Crippen molar-refractivity contribution in [2.45, 2.75) is 20.0 Å². The summed E-state index contributed by atoms with van der Waals surface area (Å²) in [6.07, 6.45) is 3.81. The monoisotopic (exact) mass is 374 g/mol. The quantitative estimate of drug-likeness (QED) is 0.537. The predicted molar refractivity (Wildman–Crippen MR) is 113 cm³/mol. The van der Waals surface area contributed by atoms with Gasteiger partial charge in [0.2, 0.25) is 0 Å². The third kappa shape index (κ3) is 4.52. The van der Waals surface area contributed by atoms with Gasteiger partial charge in [-0.15, -0.1) is 6.58 Å². The molecule has 3 rings (SSSR count). The first-order valence-electron chi connectivity index (χ1n) is 9.35. The highest BCUT2D eigenvalue weighted by atomic mass is 16.5. The van der Waals surface area contributed by atoms with E-state index in [9.17, 15) is 4.79 Å². The summed E-state index contributed by atoms with van der Waals surface area (Å²) in [6, 6.07) is 19.8. The Kier molecular flexibility index (Phi) is 6.33. The number of carbonyl (C=O) groups is 1. The van der Waals surface area contributed by atoms with Crippen LogP contribution in [-0.4, -0.2) is 29.0 Å². The number of benzene rings is 2. The lowest BCUT2D eigenvalue weighted by Crippen LogP contribution is -2.32. The molecule has 144 valence electrons. The van der Waals surface area contributed by atoms with Crippen LogP contribution in [0.5, 0.6) is 5.75 Å². The van der Waals surface area contributed by atoms with E-state index in [1.807, 2.05) is 66.6 Å². The summed E-state index contributed by atoms with van der Waals surface area (Å²) in [6.45, 7) is 7.53. The summed E-state index contributed by atoms with van der Waals surface area (Å²) in [5.74, 6) is 0.862. The zero-order valence-electron chi connectivity index (χ0n) is 16.5. The van der Waals surface area contributed by atoms with Gasteiger partial charge in [-0.05, 0) is 48.4 Å². The first kappa shape index (κ1) is 19.5. The third-order valence-corrected chi connectivity index (χ3v) is 4.78. The van der Waals surface area contributed by atoms with Crippen LogP contribution in [0.25, 0.3) is 0 Å². The number of hydrogen-bond donors (Lipinski definition) is 0. The van der Waals surface area contributed by atoms with E-state index in [4.69, 9.17) is 4.74 Å². The van der Waals surface area contributed by atoms with Gasteiger partial charge >= 0.3 is 0 Å². The van der Waals surface area contributed by atoms with Gasteiger partial charge in [-0.3, -0.25) is 4.79 Å². The van der Waals surface area contributed by atoms with E-state index in [1.54, 1.807) is 13.2 Å². The van der Waals surface area contributed by atoms with Crippen molar-refractivity contribution < 1.29 is 9.53 Å². The first-order chi connectivity index (χ1) is 13.6. The Balaban J connectivity index is 1.81. The second-order valence-electron chi connectivity index (χ2n) is 6.77. The fraction of sp³-hybridized carbons (Fsp3) is 0.208. The Labute approximate surface area is 166 Å². The Morgan fingerprint density at radius 1 is 1.14 bits per heavy atom. The molecule has 28 heavy (non-hydrogen) atoms. The molecule has 0 atom stereocenters. The van der Waals surface area contributed by atoms with Crippen molar-refractivity contribution in [1.82, 2.24) is 9.47 Å². The van der Waals surface area contributed by atoms with E-state index in [1.165, 1.54) is 0 Å². The molecule has 0 aliphatic rings. The molecule has 0 saturated heterocycles. The van der Waals surface area contributed by atoms with E-state index in [0.717, 1.165) is 34.7 Å². The number of aromatic nitrogens is 1. The summed E-state index contributed by atoms with van der Waals surface area (Å²) in [5, 5.41) is 0. The Bertz CT molecular complexity index is 958. The molecule has 0 N–H and O–H groups in total. The van der Waals surface area contributed by atoms with Gasteiger partial charge in [-0.1, -0.05) is 36.4 Å². The summed E-state index contributed by atoms with van der Waals surface area (Å²) in [7, 11) is 1.67. The molecule has 1 aromatic heterocycles. The Morgan fingerprint density at radius 2 is 1.96 bits per heavy atom. The molecule has 1 heterocycles. The maximum atomic E-state index is 13.1. The highest BCUT2D eigenvalue weighted by Crippen LogP contribution is 2.17. The van der Waals surface area contributed by atoms with Gasteiger partial charge in [0.25, 0.3) is 5.91 Å². The van der Waals surface area contributed by atoms with Crippen LogP contribution in [0.1, 0.15) is 27.2 Å². The molecule has 0 bridgehead atoms. The van der Waals surface area contributed by atoms with Crippen LogP contribution in [0.2, 0.25) is 0 Å². The van der Waals surface area contributed by atoms with Crippen LogP contribution in [0, 0.1) is 6.92 Å². The standard InChI is InChI=1S/C24H26N2O2/c1-4-14-26(24(27)23-13-6-5-9-19(23)2)18-21-11-8-15-25(21)17-20-10-7-12-22(16-20)28-3/h4-13,15-16H,1,14,17-18H2,2-3H3. The molecule has 4 heteroatoms. The van der Waals surface area contributed by atoms with Gasteiger partial charge in [0.1, 0.15) is 5.75 Å². The van der Waals surface area contributed by atoms with Gasteiger partial charge in [0.05, 0.1) is 13.7 Å². The number of amides is 1. The lowest BCUT2D eigenvalue weighted by atomic mass is 10.1. The zero-order valence-corrected chi connectivity index (χ0v) is 16.5. The molecule has 4 nitrogen and oxygen atoms in total. The second kappa shape index (κ2) is 9.09. The van der Waals surface area contributed by atoms with Gasteiger partial charge < -0.3 is 14.2 Å². The molecule has 0 unspecified atom stereocenters. The number of ether oxygens (including phenoxy) is 1. The molecule has 3 aromatic rings. The van der Waals surface area contributed by atoms with Crippen molar-refractivity contribution in [1.29, 1.82) is 0 Å². The molecular formula is C24H26N2O2. The highest BCUT2D eigenvalue weighted by molar-refractivity contribution is 5.95. The molecule has 0 spiro atoms. The van der Waals surface area contributed by atoms with Crippen LogP contribution in [0.15, 0.2) is 79.5 Å². The van der Waals surface area contributed by atoms with Crippen LogP contribution < -0.4 is 4.74 Å². The van der Waals surface area contributed by atoms with Gasteiger partial charge in [-0.25, -0.2) is 0 Å². The number of aryl methyl sites for hydroxylation is 1. The van der Waals surface area contributed by atoms with E-state index in [0.29, 0.717) is 13.1 Å². The van der Waals surface area contributed by atoms with Crippen LogP contribution in [-0.2, 0) is 13.1 Å². The minimum absolute atomic E-state index is 0.0205. The lowest BCUT2D eigenvalue weighted by molar-refractivity contribution is 0.0758. The summed E-state index contributed by atoms with van der Waals surface area (Å²) < 4.78 is 7.48. The van der Waals surface area contributed by atoms with Crippen molar-refractivity contribution in [3.8, 4) is 5.75 Å². The fourth-order valence-corrected chi connectivity index (χ4v) is 3.27. The maximum Gasteiger partial charge on any atom is 0.254 e. The topological polar surface area (TPSA) is 34.5 Å². The number of hydrogen-bond acceptors (Lipinski definition) is 2. The van der Waals surface area contributed by atoms with Gasteiger partial charge in [-0.2, -0.15) is 0 Å². The zero-order chi connectivity index (χ0) is 19.9. The minimum Gasteiger partial charge on any atom is -0.497 e. The van der Waals surface area contributed by atoms with E-state index >= 15 is 0 Å². The number of nitrogens with zero attached hydrogens (tertiary/aromatic N) is 2. The average Bonchev–Trinajstić information content (AvgIpc) is 3.14. The summed E-state index contributed by atoms with van der Waals surface area (Å²) in [5.41, 5.74) is 3.94. The largest absolute Gasteiger partial charge is 0.497 e. The SMILES string of the molecule is C=CCN(Cc1cccn1Cc1cccc(OC)c1)C(=O)c1ccccc1C. The van der Waals surface area contributed by atoms with Crippen molar-refractivity contribution in [3.63, 3.8) is 0 Å². The summed E-state index contributed by atoms with van der Waals surface area (Å²) >= 11 is 0.